The Morgan fingerprint density at radius 2 is 1.90 bits per heavy atom. The van der Waals surface area contributed by atoms with Gasteiger partial charge in [0.2, 0.25) is 0 Å². The van der Waals surface area contributed by atoms with Crippen LogP contribution in [0.3, 0.4) is 0 Å². The maximum atomic E-state index is 13.7. The second-order valence-electron chi connectivity index (χ2n) is 5.98. The minimum atomic E-state index is -4.76. The van der Waals surface area contributed by atoms with Gasteiger partial charge in [-0.3, -0.25) is 4.79 Å². The summed E-state index contributed by atoms with van der Waals surface area (Å²) in [5, 5.41) is 8.08. The van der Waals surface area contributed by atoms with E-state index in [1.807, 2.05) is 0 Å². The summed E-state index contributed by atoms with van der Waals surface area (Å²) in [6.07, 6.45) is -4.76. The summed E-state index contributed by atoms with van der Waals surface area (Å²) in [5.74, 6) is -0.861. The standard InChI is InChI=1S/C18H8Cl3F3N4OS/c19-8-3-4-9(20)10(6-8)26-17(29)15-14(21)16-25-11(12-2-1-5-30-12)7-13(18(22,23)24)28(16)27-15/h1-7H,(H,26,29). The molecule has 0 atom stereocenters. The number of thiophene rings is 1. The summed E-state index contributed by atoms with van der Waals surface area (Å²) in [6, 6.07) is 8.54. The number of anilines is 1. The summed E-state index contributed by atoms with van der Waals surface area (Å²) in [7, 11) is 0. The molecule has 1 amide bonds. The summed E-state index contributed by atoms with van der Waals surface area (Å²) in [5.41, 5.74) is -1.62. The highest BCUT2D eigenvalue weighted by Gasteiger charge is 2.37. The van der Waals surface area contributed by atoms with Gasteiger partial charge in [-0.05, 0) is 35.7 Å². The van der Waals surface area contributed by atoms with E-state index < -0.39 is 23.5 Å². The molecule has 0 saturated heterocycles. The van der Waals surface area contributed by atoms with E-state index in [1.165, 1.54) is 29.5 Å². The van der Waals surface area contributed by atoms with E-state index in [-0.39, 0.29) is 27.1 Å². The van der Waals surface area contributed by atoms with Gasteiger partial charge in [-0.15, -0.1) is 11.3 Å². The van der Waals surface area contributed by atoms with E-state index in [2.05, 4.69) is 15.4 Å². The Labute approximate surface area is 186 Å². The van der Waals surface area contributed by atoms with Crippen LogP contribution in [-0.4, -0.2) is 20.5 Å². The molecule has 1 aromatic carbocycles. The Bertz CT molecular complexity index is 1270. The SMILES string of the molecule is O=C(Nc1cc(Cl)ccc1Cl)c1nn2c(C(F)(F)F)cc(-c3cccs3)nc2c1Cl. The van der Waals surface area contributed by atoms with Gasteiger partial charge in [-0.1, -0.05) is 40.9 Å². The van der Waals surface area contributed by atoms with E-state index in [0.29, 0.717) is 14.4 Å². The second kappa shape index (κ2) is 7.73. The minimum Gasteiger partial charge on any atom is -0.319 e. The van der Waals surface area contributed by atoms with Crippen molar-refractivity contribution in [3.8, 4) is 10.6 Å². The summed E-state index contributed by atoms with van der Waals surface area (Å²) in [4.78, 5) is 17.4. The van der Waals surface area contributed by atoms with Crippen LogP contribution in [0.4, 0.5) is 18.9 Å². The normalized spacial score (nSPS) is 11.8. The lowest BCUT2D eigenvalue weighted by Gasteiger charge is -2.10. The largest absolute Gasteiger partial charge is 0.433 e. The molecule has 5 nitrogen and oxygen atoms in total. The first-order valence-electron chi connectivity index (χ1n) is 8.12. The number of nitrogens with zero attached hydrogens (tertiary/aromatic N) is 3. The third kappa shape index (κ3) is 3.85. The van der Waals surface area contributed by atoms with E-state index in [4.69, 9.17) is 34.8 Å². The zero-order chi connectivity index (χ0) is 21.6. The van der Waals surface area contributed by atoms with Crippen LogP contribution in [0.1, 0.15) is 16.2 Å². The van der Waals surface area contributed by atoms with Gasteiger partial charge in [-0.2, -0.15) is 18.3 Å². The number of carbonyl (C=O) groups excluding carboxylic acids is 1. The number of hydrogen-bond donors (Lipinski definition) is 1. The van der Waals surface area contributed by atoms with Gasteiger partial charge in [-0.25, -0.2) is 9.50 Å². The number of hydrogen-bond acceptors (Lipinski definition) is 4. The second-order valence-corrected chi connectivity index (χ2v) is 8.15. The Hall–Kier alpha value is -2.33. The monoisotopic (exact) mass is 490 g/mol. The molecule has 12 heteroatoms. The van der Waals surface area contributed by atoms with Crippen LogP contribution in [0.5, 0.6) is 0 Å². The molecule has 0 unspecified atom stereocenters. The lowest BCUT2D eigenvalue weighted by molar-refractivity contribution is -0.142. The number of carbonyl (C=O) groups is 1. The van der Waals surface area contributed by atoms with Crippen molar-refractivity contribution in [1.29, 1.82) is 0 Å². The molecule has 3 heterocycles. The van der Waals surface area contributed by atoms with Gasteiger partial charge in [0.05, 0.1) is 21.3 Å². The van der Waals surface area contributed by atoms with Crippen molar-refractivity contribution in [3.63, 3.8) is 0 Å². The fraction of sp³-hybridized carbons (Fsp3) is 0.0556. The predicted molar refractivity (Wildman–Crippen MR) is 111 cm³/mol. The molecule has 3 aromatic heterocycles. The zero-order valence-electron chi connectivity index (χ0n) is 14.5. The van der Waals surface area contributed by atoms with Gasteiger partial charge in [0, 0.05) is 5.02 Å². The van der Waals surface area contributed by atoms with E-state index >= 15 is 0 Å². The lowest BCUT2D eigenvalue weighted by Crippen LogP contribution is -2.16. The Balaban J connectivity index is 1.85. The third-order valence-corrected chi connectivity index (χ3v) is 5.79. The Kier molecular flexibility index (Phi) is 5.39. The van der Waals surface area contributed by atoms with Crippen LogP contribution in [0.2, 0.25) is 15.1 Å². The Morgan fingerprint density at radius 1 is 1.13 bits per heavy atom. The van der Waals surface area contributed by atoms with Gasteiger partial charge >= 0.3 is 6.18 Å². The fourth-order valence-corrected chi connectivity index (χ4v) is 3.93. The highest BCUT2D eigenvalue weighted by Crippen LogP contribution is 2.36. The number of nitrogens with one attached hydrogen (secondary N) is 1. The first-order chi connectivity index (χ1) is 14.1. The quantitative estimate of drug-likeness (QED) is 0.347. The average Bonchev–Trinajstić information content (AvgIpc) is 3.32. The average molecular weight is 492 g/mol. The molecule has 0 radical (unpaired) electrons. The number of benzene rings is 1. The molecule has 0 fully saturated rings. The summed E-state index contributed by atoms with van der Waals surface area (Å²) in [6.45, 7) is 0. The van der Waals surface area contributed by atoms with Crippen molar-refractivity contribution < 1.29 is 18.0 Å². The van der Waals surface area contributed by atoms with Crippen LogP contribution in [0.15, 0.2) is 41.8 Å². The summed E-state index contributed by atoms with van der Waals surface area (Å²) < 4.78 is 41.5. The minimum absolute atomic E-state index is 0.0662. The van der Waals surface area contributed by atoms with Crippen LogP contribution >= 0.6 is 46.1 Å². The van der Waals surface area contributed by atoms with Crippen molar-refractivity contribution in [2.45, 2.75) is 6.18 Å². The number of halogens is 6. The maximum Gasteiger partial charge on any atom is 0.433 e. The fourth-order valence-electron chi connectivity index (χ4n) is 2.66. The maximum absolute atomic E-state index is 13.7. The molecular formula is C18H8Cl3F3N4OS. The molecule has 30 heavy (non-hydrogen) atoms. The molecule has 0 spiro atoms. The molecular weight excluding hydrogens is 484 g/mol. The third-order valence-electron chi connectivity index (χ3n) is 3.99. The van der Waals surface area contributed by atoms with Crippen molar-refractivity contribution >= 4 is 63.4 Å². The number of rotatable bonds is 3. The predicted octanol–water partition coefficient (Wildman–Crippen LogP) is 6.69. The van der Waals surface area contributed by atoms with Gasteiger partial charge in [0.1, 0.15) is 5.02 Å². The highest BCUT2D eigenvalue weighted by atomic mass is 35.5. The number of aromatic nitrogens is 3. The zero-order valence-corrected chi connectivity index (χ0v) is 17.6. The van der Waals surface area contributed by atoms with Crippen molar-refractivity contribution in [1.82, 2.24) is 14.6 Å². The van der Waals surface area contributed by atoms with Crippen molar-refractivity contribution in [2.75, 3.05) is 5.32 Å². The molecule has 0 saturated carbocycles. The molecule has 0 aliphatic heterocycles. The Morgan fingerprint density at radius 3 is 2.57 bits per heavy atom. The number of alkyl halides is 3. The topological polar surface area (TPSA) is 59.3 Å². The molecule has 0 aliphatic rings. The molecule has 4 rings (SSSR count). The van der Waals surface area contributed by atoms with Gasteiger partial charge < -0.3 is 5.32 Å². The first-order valence-corrected chi connectivity index (χ1v) is 10.1. The van der Waals surface area contributed by atoms with E-state index in [9.17, 15) is 18.0 Å². The van der Waals surface area contributed by atoms with Gasteiger partial charge in [0.25, 0.3) is 5.91 Å². The van der Waals surface area contributed by atoms with Gasteiger partial charge in [0.15, 0.2) is 17.0 Å². The first kappa shape index (κ1) is 20.9. The van der Waals surface area contributed by atoms with E-state index in [1.54, 1.807) is 17.5 Å². The number of fused-ring (bicyclic) bond motifs is 1. The van der Waals surface area contributed by atoms with Crippen molar-refractivity contribution in [3.05, 3.63) is 68.2 Å². The van der Waals surface area contributed by atoms with Crippen molar-refractivity contribution in [2.24, 2.45) is 0 Å². The molecule has 0 bridgehead atoms. The van der Waals surface area contributed by atoms with Crippen LogP contribution in [0, 0.1) is 0 Å². The molecule has 4 aromatic rings. The smallest absolute Gasteiger partial charge is 0.319 e. The van der Waals surface area contributed by atoms with E-state index in [0.717, 1.165) is 6.07 Å². The lowest BCUT2D eigenvalue weighted by atomic mass is 10.2. The summed E-state index contributed by atoms with van der Waals surface area (Å²) >= 11 is 19.3. The molecule has 154 valence electrons. The molecule has 1 N–H and O–H groups in total. The highest BCUT2D eigenvalue weighted by molar-refractivity contribution is 7.13. The number of amides is 1. The van der Waals surface area contributed by atoms with Crippen LogP contribution < -0.4 is 5.32 Å². The van der Waals surface area contributed by atoms with Crippen LogP contribution in [-0.2, 0) is 6.18 Å². The van der Waals surface area contributed by atoms with Crippen LogP contribution in [0.25, 0.3) is 16.2 Å². The molecule has 0 aliphatic carbocycles.